The molecule has 0 saturated carbocycles. The van der Waals surface area contributed by atoms with E-state index in [0.717, 1.165) is 35.5 Å². The van der Waals surface area contributed by atoms with E-state index in [2.05, 4.69) is 129 Å². The highest BCUT2D eigenvalue weighted by atomic mass is 32.1. The van der Waals surface area contributed by atoms with Gasteiger partial charge in [0.2, 0.25) is 5.91 Å². The van der Waals surface area contributed by atoms with Gasteiger partial charge in [0.25, 0.3) is 0 Å². The third-order valence-corrected chi connectivity index (χ3v) is 9.22. The van der Waals surface area contributed by atoms with Gasteiger partial charge in [-0.2, -0.15) is 0 Å². The normalized spacial score (nSPS) is 11.0. The van der Waals surface area contributed by atoms with Crippen LogP contribution in [0.15, 0.2) is 66.7 Å². The van der Waals surface area contributed by atoms with Crippen molar-refractivity contribution in [1.82, 2.24) is 5.32 Å². The maximum absolute atomic E-state index is 12.8. The molecule has 256 valence electrons. The fourth-order valence-corrected chi connectivity index (χ4v) is 6.39. The molecule has 0 aliphatic heterocycles. The number of amides is 1. The van der Waals surface area contributed by atoms with Crippen molar-refractivity contribution >= 4 is 40.3 Å². The van der Waals surface area contributed by atoms with Crippen LogP contribution in [0.25, 0.3) is 0 Å². The second-order valence-electron chi connectivity index (χ2n) is 13.5. The van der Waals surface area contributed by atoms with Crippen LogP contribution in [0.2, 0.25) is 0 Å². The zero-order valence-electron chi connectivity index (χ0n) is 30.0. The average Bonchev–Trinajstić information content (AvgIpc) is 3.05. The molecule has 0 aromatic heterocycles. The fraction of sp³-hybridized carbons (Fsp3) is 0.512. The number of hydrogen-bond acceptors (Lipinski definition) is 4. The lowest BCUT2D eigenvalue weighted by atomic mass is 9.83. The van der Waals surface area contributed by atoms with E-state index in [4.69, 9.17) is 12.2 Å². The van der Waals surface area contributed by atoms with Crippen LogP contribution in [-0.4, -0.2) is 39.2 Å². The molecule has 1 amide bonds. The number of hydrogen-bond donors (Lipinski definition) is 2. The van der Waals surface area contributed by atoms with Gasteiger partial charge in [-0.25, -0.2) is 0 Å². The molecule has 0 radical (unpaired) electrons. The maximum Gasteiger partial charge on any atom is 0.226 e. The van der Waals surface area contributed by atoms with Gasteiger partial charge in [-0.3, -0.25) is 4.79 Å². The molecule has 0 unspecified atom stereocenters. The Bertz CT molecular complexity index is 1300. The number of unbranched alkanes of at least 4 members (excludes halogenated alkanes) is 12. The van der Waals surface area contributed by atoms with Gasteiger partial charge >= 0.3 is 0 Å². The zero-order chi connectivity index (χ0) is 34.0. The standard InChI is InChI=1S/C41H60N4OS/c1-7-8-9-10-11-12-13-14-15-16-17-18-19-20-39(46)43-41(47)42-38-30-21-32(2)31-37(38)40(33-22-26-35(27-23-33)44(3)4)34-24-28-36(29-25-34)45(5)6/h21-31,40H,7-20H2,1-6H3,(H2,42,43,46,47). The van der Waals surface area contributed by atoms with E-state index in [-0.39, 0.29) is 11.8 Å². The Morgan fingerprint density at radius 3 is 1.55 bits per heavy atom. The highest BCUT2D eigenvalue weighted by Gasteiger charge is 2.22. The maximum atomic E-state index is 12.8. The lowest BCUT2D eigenvalue weighted by molar-refractivity contribution is -0.119. The highest BCUT2D eigenvalue weighted by Crippen LogP contribution is 2.38. The van der Waals surface area contributed by atoms with Crippen LogP contribution in [0.4, 0.5) is 17.1 Å². The SMILES string of the molecule is CCCCCCCCCCCCCCCC(=O)NC(=S)Nc1ccc(C)cc1C(c1ccc(N(C)C)cc1)c1ccc(N(C)C)cc1. The molecule has 47 heavy (non-hydrogen) atoms. The van der Waals surface area contributed by atoms with Crippen molar-refractivity contribution in [3.8, 4) is 0 Å². The molecule has 3 aromatic carbocycles. The summed E-state index contributed by atoms with van der Waals surface area (Å²) in [5.41, 5.74) is 7.89. The minimum absolute atomic E-state index is 0.0191. The molecule has 0 saturated heterocycles. The van der Waals surface area contributed by atoms with Gasteiger partial charge in [0.1, 0.15) is 0 Å². The number of anilines is 3. The number of thiocarbonyl (C=S) groups is 1. The van der Waals surface area contributed by atoms with E-state index in [1.54, 1.807) is 0 Å². The van der Waals surface area contributed by atoms with Crippen LogP contribution in [0.5, 0.6) is 0 Å². The summed E-state index contributed by atoms with van der Waals surface area (Å²) in [4.78, 5) is 17.0. The first-order valence-electron chi connectivity index (χ1n) is 18.0. The summed E-state index contributed by atoms with van der Waals surface area (Å²) < 4.78 is 0. The van der Waals surface area contributed by atoms with Gasteiger partial charge in [-0.1, -0.05) is 126 Å². The predicted molar refractivity (Wildman–Crippen MR) is 208 cm³/mol. The van der Waals surface area contributed by atoms with Gasteiger partial charge in [-0.15, -0.1) is 0 Å². The fourth-order valence-electron chi connectivity index (χ4n) is 6.16. The molecule has 0 aliphatic rings. The molecule has 0 spiro atoms. The van der Waals surface area contributed by atoms with Crippen molar-refractivity contribution in [3.63, 3.8) is 0 Å². The van der Waals surface area contributed by atoms with Crippen LogP contribution >= 0.6 is 12.2 Å². The molecule has 6 heteroatoms. The molecule has 5 nitrogen and oxygen atoms in total. The first kappa shape index (κ1) is 38.1. The van der Waals surface area contributed by atoms with Gasteiger partial charge in [-0.05, 0) is 72.6 Å². The van der Waals surface area contributed by atoms with Gasteiger partial charge in [0, 0.05) is 57.6 Å². The molecule has 0 bridgehead atoms. The largest absolute Gasteiger partial charge is 0.378 e. The first-order chi connectivity index (χ1) is 22.7. The smallest absolute Gasteiger partial charge is 0.226 e. The first-order valence-corrected chi connectivity index (χ1v) is 18.4. The summed E-state index contributed by atoms with van der Waals surface area (Å²) >= 11 is 5.66. The lowest BCUT2D eigenvalue weighted by Crippen LogP contribution is -2.34. The van der Waals surface area contributed by atoms with E-state index < -0.39 is 0 Å². The number of nitrogens with one attached hydrogen (secondary N) is 2. The summed E-state index contributed by atoms with van der Waals surface area (Å²) in [5.74, 6) is -0.0385. The number of aryl methyl sites for hydroxylation is 1. The van der Waals surface area contributed by atoms with Crippen molar-refractivity contribution in [2.75, 3.05) is 43.3 Å². The third kappa shape index (κ3) is 13.3. The van der Waals surface area contributed by atoms with Crippen LogP contribution in [-0.2, 0) is 4.79 Å². The van der Waals surface area contributed by atoms with Gasteiger partial charge < -0.3 is 20.4 Å². The van der Waals surface area contributed by atoms with Crippen molar-refractivity contribution in [2.45, 2.75) is 110 Å². The molecule has 0 aliphatic carbocycles. The molecular weight excluding hydrogens is 597 g/mol. The average molecular weight is 657 g/mol. The van der Waals surface area contributed by atoms with Crippen LogP contribution in [0, 0.1) is 6.92 Å². The number of rotatable bonds is 20. The van der Waals surface area contributed by atoms with Gasteiger partial charge in [0.15, 0.2) is 5.11 Å². The molecule has 0 fully saturated rings. The zero-order valence-corrected chi connectivity index (χ0v) is 30.9. The summed E-state index contributed by atoms with van der Waals surface area (Å²) in [6.07, 6.45) is 17.3. The predicted octanol–water partition coefficient (Wildman–Crippen LogP) is 10.6. The second-order valence-corrected chi connectivity index (χ2v) is 13.9. The van der Waals surface area contributed by atoms with E-state index >= 15 is 0 Å². The summed E-state index contributed by atoms with van der Waals surface area (Å²) in [7, 11) is 8.23. The van der Waals surface area contributed by atoms with Crippen LogP contribution < -0.4 is 20.4 Å². The monoisotopic (exact) mass is 656 g/mol. The lowest BCUT2D eigenvalue weighted by Gasteiger charge is -2.25. The molecular formula is C41H60N4OS. The molecule has 0 heterocycles. The van der Waals surface area contributed by atoms with Gasteiger partial charge in [0.05, 0.1) is 0 Å². The highest BCUT2D eigenvalue weighted by molar-refractivity contribution is 7.80. The number of carbonyl (C=O) groups is 1. The quantitative estimate of drug-likeness (QED) is 0.0720. The van der Waals surface area contributed by atoms with E-state index in [0.29, 0.717) is 11.5 Å². The number of benzene rings is 3. The minimum Gasteiger partial charge on any atom is -0.378 e. The van der Waals surface area contributed by atoms with E-state index in [9.17, 15) is 4.79 Å². The Labute approximate surface area is 291 Å². The summed E-state index contributed by atoms with van der Waals surface area (Å²) in [6, 6.07) is 23.9. The minimum atomic E-state index is -0.0193. The third-order valence-electron chi connectivity index (χ3n) is 9.01. The number of carbonyl (C=O) groups excluding carboxylic acids is 1. The topological polar surface area (TPSA) is 47.6 Å². The molecule has 0 atom stereocenters. The number of nitrogens with zero attached hydrogens (tertiary/aromatic N) is 2. The van der Waals surface area contributed by atoms with Crippen molar-refractivity contribution in [3.05, 3.63) is 89.0 Å². The van der Waals surface area contributed by atoms with Crippen molar-refractivity contribution in [2.24, 2.45) is 0 Å². The Kier molecular flexibility index (Phi) is 16.8. The van der Waals surface area contributed by atoms with Crippen molar-refractivity contribution in [1.29, 1.82) is 0 Å². The molecule has 3 rings (SSSR count). The van der Waals surface area contributed by atoms with Crippen LogP contribution in [0.1, 0.15) is 125 Å². The Morgan fingerprint density at radius 2 is 1.11 bits per heavy atom. The summed E-state index contributed by atoms with van der Waals surface area (Å²) in [5, 5.41) is 6.67. The molecule has 3 aromatic rings. The Balaban J connectivity index is 1.57. The molecule has 2 N–H and O–H groups in total. The Hall–Kier alpha value is -3.38. The Morgan fingerprint density at radius 1 is 0.660 bits per heavy atom. The van der Waals surface area contributed by atoms with Crippen molar-refractivity contribution < 1.29 is 4.79 Å². The summed E-state index contributed by atoms with van der Waals surface area (Å²) in [6.45, 7) is 4.39. The van der Waals surface area contributed by atoms with E-state index in [1.807, 2.05) is 0 Å². The van der Waals surface area contributed by atoms with Crippen LogP contribution in [0.3, 0.4) is 0 Å². The second kappa shape index (κ2) is 20.8. The van der Waals surface area contributed by atoms with E-state index in [1.165, 1.54) is 87.3 Å².